The molecule has 0 aromatic carbocycles. The maximum Gasteiger partial charge on any atom is 0.348 e. The van der Waals surface area contributed by atoms with Gasteiger partial charge in [-0.1, -0.05) is 0 Å². The van der Waals surface area contributed by atoms with Gasteiger partial charge in [-0.25, -0.2) is 4.79 Å². The third kappa shape index (κ3) is 2.34. The molecule has 1 amide bonds. The van der Waals surface area contributed by atoms with Crippen molar-refractivity contribution in [2.75, 3.05) is 17.8 Å². The first kappa shape index (κ1) is 13.3. The van der Waals surface area contributed by atoms with E-state index >= 15 is 0 Å². The number of rotatable bonds is 3. The van der Waals surface area contributed by atoms with Crippen LogP contribution in [0.2, 0.25) is 0 Å². The number of hydrogen-bond acceptors (Lipinski definition) is 6. The summed E-state index contributed by atoms with van der Waals surface area (Å²) in [5, 5.41) is 0. The molecule has 1 aliphatic rings. The topological polar surface area (TPSA) is 59.8 Å². The van der Waals surface area contributed by atoms with Crippen molar-refractivity contribution in [2.45, 2.75) is 10.8 Å². The fourth-order valence-electron chi connectivity index (χ4n) is 1.93. The van der Waals surface area contributed by atoms with Gasteiger partial charge in [0.15, 0.2) is 0 Å². The summed E-state index contributed by atoms with van der Waals surface area (Å²) in [6.45, 7) is 0.372. The van der Waals surface area contributed by atoms with E-state index in [1.54, 1.807) is 23.3 Å². The van der Waals surface area contributed by atoms with Crippen molar-refractivity contribution in [3.8, 4) is 0 Å². The van der Waals surface area contributed by atoms with Gasteiger partial charge < -0.3 is 14.1 Å². The third-order valence-corrected chi connectivity index (χ3v) is 5.24. The van der Waals surface area contributed by atoms with E-state index < -0.39 is 0 Å². The van der Waals surface area contributed by atoms with E-state index in [4.69, 9.17) is 9.15 Å². The zero-order valence-corrected chi connectivity index (χ0v) is 12.3. The van der Waals surface area contributed by atoms with Crippen LogP contribution in [0.5, 0.6) is 0 Å². The quantitative estimate of drug-likeness (QED) is 0.816. The van der Waals surface area contributed by atoms with Crippen molar-refractivity contribution in [1.29, 1.82) is 0 Å². The van der Waals surface area contributed by atoms with Crippen molar-refractivity contribution in [2.24, 2.45) is 0 Å². The van der Waals surface area contributed by atoms with Crippen LogP contribution >= 0.6 is 23.1 Å². The van der Waals surface area contributed by atoms with Crippen LogP contribution in [0.4, 0.5) is 5.69 Å². The second-order valence-corrected chi connectivity index (χ2v) is 6.42. The highest BCUT2D eigenvalue weighted by Crippen LogP contribution is 2.42. The first-order chi connectivity index (χ1) is 9.69. The maximum atomic E-state index is 12.1. The fraction of sp³-hybridized carbons (Fsp3) is 0.231. The average Bonchev–Trinajstić information content (AvgIpc) is 3.10. The molecule has 3 rings (SSSR count). The number of nitrogens with zero attached hydrogens (tertiary/aromatic N) is 1. The molecule has 2 aromatic heterocycles. The molecule has 104 valence electrons. The van der Waals surface area contributed by atoms with Gasteiger partial charge in [0.2, 0.25) is 5.91 Å². The fourth-order valence-corrected chi connectivity index (χ4v) is 4.15. The SMILES string of the molecule is COC(=O)c1cc2c(s1)SCC(=O)N2Cc1ccco1. The van der Waals surface area contributed by atoms with Gasteiger partial charge in [0.1, 0.15) is 10.6 Å². The number of ether oxygens (including phenoxy) is 1. The van der Waals surface area contributed by atoms with Crippen LogP contribution in [0.3, 0.4) is 0 Å². The number of carbonyl (C=O) groups is 2. The van der Waals surface area contributed by atoms with Crippen LogP contribution in [0, 0.1) is 0 Å². The first-order valence-corrected chi connectivity index (χ1v) is 7.67. The van der Waals surface area contributed by atoms with Gasteiger partial charge in [-0.15, -0.1) is 23.1 Å². The largest absolute Gasteiger partial charge is 0.467 e. The Morgan fingerprint density at radius 3 is 3.10 bits per heavy atom. The lowest BCUT2D eigenvalue weighted by atomic mass is 10.3. The van der Waals surface area contributed by atoms with Crippen molar-refractivity contribution in [3.63, 3.8) is 0 Å². The molecule has 1 aliphatic heterocycles. The minimum absolute atomic E-state index is 0.00751. The molecular weight excluding hydrogens is 298 g/mol. The molecule has 0 bridgehead atoms. The maximum absolute atomic E-state index is 12.1. The van der Waals surface area contributed by atoms with Gasteiger partial charge in [0.05, 0.1) is 35.6 Å². The molecule has 0 spiro atoms. The number of carbonyl (C=O) groups excluding carboxylic acids is 2. The van der Waals surface area contributed by atoms with E-state index in [1.807, 2.05) is 6.07 Å². The Labute approximate surface area is 123 Å². The van der Waals surface area contributed by atoms with Crippen LogP contribution in [-0.4, -0.2) is 24.7 Å². The molecule has 0 fully saturated rings. The molecular formula is C13H11NO4S2. The van der Waals surface area contributed by atoms with Gasteiger partial charge in [0.25, 0.3) is 0 Å². The summed E-state index contributed by atoms with van der Waals surface area (Å²) in [5.74, 6) is 0.708. The van der Waals surface area contributed by atoms with Crippen molar-refractivity contribution >= 4 is 40.7 Å². The summed E-state index contributed by atoms with van der Waals surface area (Å²) >= 11 is 2.80. The monoisotopic (exact) mass is 309 g/mol. The molecule has 20 heavy (non-hydrogen) atoms. The Morgan fingerprint density at radius 1 is 1.55 bits per heavy atom. The summed E-state index contributed by atoms with van der Waals surface area (Å²) in [6.07, 6.45) is 1.58. The number of thiophene rings is 1. The molecule has 7 heteroatoms. The van der Waals surface area contributed by atoms with Gasteiger partial charge in [-0.3, -0.25) is 4.79 Å². The highest BCUT2D eigenvalue weighted by Gasteiger charge is 2.29. The van der Waals surface area contributed by atoms with Crippen molar-refractivity contribution in [1.82, 2.24) is 0 Å². The molecule has 0 aliphatic carbocycles. The normalized spacial score (nSPS) is 14.2. The van der Waals surface area contributed by atoms with E-state index in [9.17, 15) is 9.59 Å². The molecule has 0 saturated heterocycles. The smallest absolute Gasteiger partial charge is 0.348 e. The Balaban J connectivity index is 1.94. The predicted octanol–water partition coefficient (Wildman–Crippen LogP) is 2.77. The predicted molar refractivity (Wildman–Crippen MR) is 76.3 cm³/mol. The molecule has 3 heterocycles. The van der Waals surface area contributed by atoms with Gasteiger partial charge >= 0.3 is 5.97 Å². The Hall–Kier alpha value is -1.73. The lowest BCUT2D eigenvalue weighted by Crippen LogP contribution is -2.34. The van der Waals surface area contributed by atoms with Crippen molar-refractivity contribution < 1.29 is 18.7 Å². The van der Waals surface area contributed by atoms with Crippen LogP contribution < -0.4 is 4.90 Å². The van der Waals surface area contributed by atoms with Gasteiger partial charge in [-0.05, 0) is 18.2 Å². The second kappa shape index (κ2) is 5.34. The van der Waals surface area contributed by atoms with Gasteiger partial charge in [0, 0.05) is 0 Å². The first-order valence-electron chi connectivity index (χ1n) is 5.86. The highest BCUT2D eigenvalue weighted by atomic mass is 32.2. The van der Waals surface area contributed by atoms with E-state index in [2.05, 4.69) is 0 Å². The number of esters is 1. The van der Waals surface area contributed by atoms with E-state index in [0.717, 1.165) is 9.90 Å². The standard InChI is InChI=1S/C13H11NO4S2/c1-17-12(16)10-5-9-13(20-10)19-7-11(15)14(9)6-8-3-2-4-18-8/h2-5H,6-7H2,1H3. The van der Waals surface area contributed by atoms with Crippen LogP contribution in [0.25, 0.3) is 0 Å². The van der Waals surface area contributed by atoms with Crippen LogP contribution in [0.15, 0.2) is 33.1 Å². The van der Waals surface area contributed by atoms with E-state index in [0.29, 0.717) is 22.9 Å². The minimum Gasteiger partial charge on any atom is -0.467 e. The number of amides is 1. The second-order valence-electron chi connectivity index (χ2n) is 4.12. The molecule has 0 unspecified atom stereocenters. The number of methoxy groups -OCH3 is 1. The number of anilines is 1. The summed E-state index contributed by atoms with van der Waals surface area (Å²) < 4.78 is 11.0. The molecule has 0 radical (unpaired) electrons. The van der Waals surface area contributed by atoms with E-state index in [-0.39, 0.29) is 11.9 Å². The number of hydrogen-bond donors (Lipinski definition) is 0. The summed E-state index contributed by atoms with van der Waals surface area (Å²) in [6, 6.07) is 5.31. The zero-order valence-electron chi connectivity index (χ0n) is 10.6. The molecule has 2 aromatic rings. The number of fused-ring (bicyclic) bond motifs is 1. The Morgan fingerprint density at radius 2 is 2.40 bits per heavy atom. The average molecular weight is 309 g/mol. The molecule has 0 N–H and O–H groups in total. The van der Waals surface area contributed by atoms with Crippen molar-refractivity contribution in [3.05, 3.63) is 35.1 Å². The molecule has 0 saturated carbocycles. The summed E-state index contributed by atoms with van der Waals surface area (Å²) in [7, 11) is 1.35. The third-order valence-electron chi connectivity index (χ3n) is 2.88. The number of thioether (sulfide) groups is 1. The number of furan rings is 1. The lowest BCUT2D eigenvalue weighted by Gasteiger charge is -2.25. The Bertz CT molecular complexity index is 647. The van der Waals surface area contributed by atoms with Crippen LogP contribution in [0.1, 0.15) is 15.4 Å². The Kier molecular flexibility index (Phi) is 3.54. The van der Waals surface area contributed by atoms with E-state index in [1.165, 1.54) is 30.2 Å². The van der Waals surface area contributed by atoms with Crippen LogP contribution in [-0.2, 0) is 16.1 Å². The van der Waals surface area contributed by atoms with Gasteiger partial charge in [-0.2, -0.15) is 0 Å². The molecule has 5 nitrogen and oxygen atoms in total. The zero-order chi connectivity index (χ0) is 14.1. The lowest BCUT2D eigenvalue weighted by molar-refractivity contribution is -0.116. The summed E-state index contributed by atoms with van der Waals surface area (Å²) in [4.78, 5) is 25.8. The summed E-state index contributed by atoms with van der Waals surface area (Å²) in [5.41, 5.74) is 0.757. The molecule has 0 atom stereocenters. The minimum atomic E-state index is -0.379. The highest BCUT2D eigenvalue weighted by molar-refractivity contribution is 8.02.